The highest BCUT2D eigenvalue weighted by Crippen LogP contribution is 2.41. The smallest absolute Gasteiger partial charge is 0.330 e. The summed E-state index contributed by atoms with van der Waals surface area (Å²) < 4.78 is 33.0. The summed E-state index contributed by atoms with van der Waals surface area (Å²) in [6.45, 7) is 11.7. The fourth-order valence-electron chi connectivity index (χ4n) is 3.40. The molecule has 0 fully saturated rings. The first-order chi connectivity index (χ1) is 20.4. The molecule has 1 rings (SSSR count). The highest BCUT2D eigenvalue weighted by Gasteiger charge is 2.18. The number of unbranched alkanes of at least 4 members (excludes halogenated alkanes) is 4. The number of rotatable bonds is 24. The molecule has 0 aliphatic carbocycles. The van der Waals surface area contributed by atoms with Crippen molar-refractivity contribution in [3.63, 3.8) is 0 Å². The Morgan fingerprint density at radius 2 is 1.19 bits per heavy atom. The zero-order valence-corrected chi connectivity index (χ0v) is 24.4. The van der Waals surface area contributed by atoms with Gasteiger partial charge >= 0.3 is 17.9 Å². The lowest BCUT2D eigenvalue weighted by atomic mass is 10.1. The van der Waals surface area contributed by atoms with Crippen molar-refractivity contribution in [2.24, 2.45) is 0 Å². The minimum absolute atomic E-state index is 0.00446. The standard InChI is InChI=1S/C32H42O10/c1-5-26(33)15-9-8-10-23-41-31-25(17-19-30(36)37-4)16-18-27(38-20-11-12-21-39-28(34)6-2)32(31)42-24-14-13-22-40-29(35)7-3/h5-7,16-19H,1-3,8-15,20-24H2,4H3/b19-17+. The molecule has 0 bridgehead atoms. The lowest BCUT2D eigenvalue weighted by molar-refractivity contribution is -0.138. The summed E-state index contributed by atoms with van der Waals surface area (Å²) in [6.07, 6.45) is 11.4. The minimum Gasteiger partial charge on any atom is -0.490 e. The molecule has 0 aliphatic rings. The molecule has 10 nitrogen and oxygen atoms in total. The molecule has 1 aromatic carbocycles. The van der Waals surface area contributed by atoms with Gasteiger partial charge < -0.3 is 28.4 Å². The Kier molecular flexibility index (Phi) is 19.0. The first kappa shape index (κ1) is 35.7. The summed E-state index contributed by atoms with van der Waals surface area (Å²) in [5.41, 5.74) is 0.584. The van der Waals surface area contributed by atoms with Crippen LogP contribution >= 0.6 is 0 Å². The van der Waals surface area contributed by atoms with Gasteiger partial charge in [-0.15, -0.1) is 0 Å². The van der Waals surface area contributed by atoms with E-state index >= 15 is 0 Å². The first-order valence-electron chi connectivity index (χ1n) is 13.9. The summed E-state index contributed by atoms with van der Waals surface area (Å²) in [4.78, 5) is 45.7. The minimum atomic E-state index is -0.526. The maximum atomic E-state index is 11.8. The quantitative estimate of drug-likeness (QED) is 0.0678. The third-order valence-electron chi connectivity index (χ3n) is 5.65. The molecule has 10 heteroatoms. The molecular formula is C32H42O10. The number of methoxy groups -OCH3 is 1. The van der Waals surface area contributed by atoms with E-state index in [-0.39, 0.29) is 25.6 Å². The number of carbonyl (C=O) groups is 4. The van der Waals surface area contributed by atoms with Gasteiger partial charge in [0.1, 0.15) is 0 Å². The number of carbonyl (C=O) groups excluding carboxylic acids is 4. The first-order valence-corrected chi connectivity index (χ1v) is 13.9. The van der Waals surface area contributed by atoms with Crippen LogP contribution in [0.15, 0.2) is 56.2 Å². The number of hydrogen-bond acceptors (Lipinski definition) is 10. The van der Waals surface area contributed by atoms with Crippen LogP contribution in [0.1, 0.15) is 56.9 Å². The van der Waals surface area contributed by atoms with E-state index in [0.29, 0.717) is 81.0 Å². The molecule has 0 radical (unpaired) electrons. The van der Waals surface area contributed by atoms with Crippen molar-refractivity contribution in [3.05, 3.63) is 61.7 Å². The van der Waals surface area contributed by atoms with Crippen molar-refractivity contribution in [3.8, 4) is 17.2 Å². The number of benzene rings is 1. The van der Waals surface area contributed by atoms with Crippen LogP contribution in [0.3, 0.4) is 0 Å². The van der Waals surface area contributed by atoms with Crippen molar-refractivity contribution < 1.29 is 47.6 Å². The highest BCUT2D eigenvalue weighted by atomic mass is 16.5. The van der Waals surface area contributed by atoms with Gasteiger partial charge in [0.15, 0.2) is 17.3 Å². The molecule has 0 aliphatic heterocycles. The van der Waals surface area contributed by atoms with Gasteiger partial charge in [-0.2, -0.15) is 0 Å². The van der Waals surface area contributed by atoms with E-state index in [2.05, 4.69) is 19.7 Å². The Morgan fingerprint density at radius 1 is 0.643 bits per heavy atom. The summed E-state index contributed by atoms with van der Waals surface area (Å²) in [7, 11) is 1.29. The van der Waals surface area contributed by atoms with Gasteiger partial charge in [0.2, 0.25) is 5.75 Å². The average Bonchev–Trinajstić information content (AvgIpc) is 3.01. The number of ether oxygens (including phenoxy) is 6. The van der Waals surface area contributed by atoms with Crippen LogP contribution in [0.5, 0.6) is 17.2 Å². The van der Waals surface area contributed by atoms with Crippen LogP contribution in [0, 0.1) is 0 Å². The van der Waals surface area contributed by atoms with Crippen LogP contribution in [-0.4, -0.2) is 63.8 Å². The zero-order chi connectivity index (χ0) is 31.0. The van der Waals surface area contributed by atoms with Crippen molar-refractivity contribution >= 4 is 29.8 Å². The third-order valence-corrected chi connectivity index (χ3v) is 5.65. The summed E-state index contributed by atoms with van der Waals surface area (Å²) in [5.74, 6) is -0.279. The Balaban J connectivity index is 3.04. The third kappa shape index (κ3) is 15.4. The summed E-state index contributed by atoms with van der Waals surface area (Å²) in [6, 6.07) is 3.48. The highest BCUT2D eigenvalue weighted by molar-refractivity contribution is 5.89. The SMILES string of the molecule is C=CC(=O)CCCCCOc1c(/C=C/C(=O)OC)ccc(OCCCCOC(=O)C=C)c1OCCCCOC(=O)C=C. The Hall–Kier alpha value is -4.34. The van der Waals surface area contributed by atoms with Gasteiger partial charge in [-0.05, 0) is 69.2 Å². The van der Waals surface area contributed by atoms with Crippen molar-refractivity contribution in [2.45, 2.75) is 51.4 Å². The Bertz CT molecular complexity index is 1070. The predicted molar refractivity (Wildman–Crippen MR) is 158 cm³/mol. The molecule has 230 valence electrons. The van der Waals surface area contributed by atoms with Crippen LogP contribution in [0.4, 0.5) is 0 Å². The largest absolute Gasteiger partial charge is 0.490 e. The molecule has 0 amide bonds. The molecule has 0 saturated heterocycles. The lowest BCUT2D eigenvalue weighted by Gasteiger charge is -2.19. The van der Waals surface area contributed by atoms with Gasteiger partial charge in [0.25, 0.3) is 0 Å². The lowest BCUT2D eigenvalue weighted by Crippen LogP contribution is -2.09. The van der Waals surface area contributed by atoms with E-state index in [1.54, 1.807) is 18.2 Å². The van der Waals surface area contributed by atoms with Gasteiger partial charge in [0, 0.05) is 30.2 Å². The summed E-state index contributed by atoms with van der Waals surface area (Å²) >= 11 is 0. The van der Waals surface area contributed by atoms with E-state index in [1.165, 1.54) is 19.3 Å². The number of allylic oxidation sites excluding steroid dienone is 1. The summed E-state index contributed by atoms with van der Waals surface area (Å²) in [5, 5.41) is 0. The molecular weight excluding hydrogens is 544 g/mol. The van der Waals surface area contributed by atoms with E-state index in [0.717, 1.165) is 18.6 Å². The Labute approximate surface area is 247 Å². The van der Waals surface area contributed by atoms with Gasteiger partial charge in [-0.25, -0.2) is 14.4 Å². The maximum Gasteiger partial charge on any atom is 0.330 e. The van der Waals surface area contributed by atoms with Crippen molar-refractivity contribution in [1.29, 1.82) is 0 Å². The zero-order valence-electron chi connectivity index (χ0n) is 24.4. The molecule has 0 spiro atoms. The number of hydrogen-bond donors (Lipinski definition) is 0. The van der Waals surface area contributed by atoms with Gasteiger partial charge in [-0.1, -0.05) is 19.7 Å². The molecule has 42 heavy (non-hydrogen) atoms. The van der Waals surface area contributed by atoms with Crippen LogP contribution in [0.2, 0.25) is 0 Å². The predicted octanol–water partition coefficient (Wildman–Crippen LogP) is 5.34. The van der Waals surface area contributed by atoms with Crippen LogP contribution in [-0.2, 0) is 33.4 Å². The monoisotopic (exact) mass is 586 g/mol. The Morgan fingerprint density at radius 3 is 1.76 bits per heavy atom. The number of esters is 3. The molecule has 0 N–H and O–H groups in total. The molecule has 0 heterocycles. The number of ketones is 1. The van der Waals surface area contributed by atoms with Gasteiger partial charge in [0.05, 0.1) is 40.1 Å². The second-order valence-electron chi connectivity index (χ2n) is 8.85. The molecule has 0 atom stereocenters. The van der Waals surface area contributed by atoms with E-state index < -0.39 is 17.9 Å². The topological polar surface area (TPSA) is 124 Å². The fraction of sp³-hybridized carbons (Fsp3) is 0.438. The molecule has 0 aromatic heterocycles. The fourth-order valence-corrected chi connectivity index (χ4v) is 3.40. The average molecular weight is 587 g/mol. The van der Waals surface area contributed by atoms with Crippen molar-refractivity contribution in [1.82, 2.24) is 0 Å². The van der Waals surface area contributed by atoms with Crippen LogP contribution in [0.25, 0.3) is 6.08 Å². The molecule has 1 aromatic rings. The normalized spacial score (nSPS) is 10.4. The molecule has 0 unspecified atom stereocenters. The van der Waals surface area contributed by atoms with E-state index in [4.69, 9.17) is 28.4 Å². The van der Waals surface area contributed by atoms with E-state index in [9.17, 15) is 19.2 Å². The van der Waals surface area contributed by atoms with E-state index in [1.807, 2.05) is 0 Å². The maximum absolute atomic E-state index is 11.8. The van der Waals surface area contributed by atoms with Gasteiger partial charge in [-0.3, -0.25) is 4.79 Å². The van der Waals surface area contributed by atoms with Crippen LogP contribution < -0.4 is 14.2 Å². The molecule has 0 saturated carbocycles. The second kappa shape index (κ2) is 22.4. The van der Waals surface area contributed by atoms with Crippen molar-refractivity contribution in [2.75, 3.05) is 40.1 Å². The second-order valence-corrected chi connectivity index (χ2v) is 8.85.